The molecule has 0 spiro atoms. The molecule has 8 heteroatoms. The molecule has 0 amide bonds. The van der Waals surface area contributed by atoms with Gasteiger partial charge in [0.25, 0.3) is 10.0 Å². The van der Waals surface area contributed by atoms with Gasteiger partial charge in [-0.25, -0.2) is 4.98 Å². The summed E-state index contributed by atoms with van der Waals surface area (Å²) in [6.07, 6.45) is 1.32. The van der Waals surface area contributed by atoms with Gasteiger partial charge in [-0.3, -0.25) is 4.31 Å². The second-order valence-corrected chi connectivity index (χ2v) is 6.19. The van der Waals surface area contributed by atoms with Gasteiger partial charge in [-0.1, -0.05) is 17.7 Å². The number of hydrogen-bond acceptors (Lipinski definition) is 4. The topological polar surface area (TPSA) is 75.4 Å². The molecular weight excluding hydrogens is 290 g/mol. The number of halogens is 1. The molecule has 0 saturated heterocycles. The first-order valence-electron chi connectivity index (χ1n) is 5.29. The van der Waals surface area contributed by atoms with Gasteiger partial charge in [-0.15, -0.1) is 0 Å². The zero-order valence-corrected chi connectivity index (χ0v) is 11.9. The number of phenols is 1. The lowest BCUT2D eigenvalue weighted by molar-refractivity contribution is 0.475. The smallest absolute Gasteiger partial charge is 0.284 e. The van der Waals surface area contributed by atoms with E-state index in [-0.39, 0.29) is 15.9 Å². The normalized spacial score (nSPS) is 11.5. The first-order valence-corrected chi connectivity index (χ1v) is 7.10. The number of sulfonamides is 1. The highest BCUT2D eigenvalue weighted by Gasteiger charge is 2.27. The van der Waals surface area contributed by atoms with Crippen molar-refractivity contribution in [1.29, 1.82) is 0 Å². The number of benzene rings is 1. The Labute approximate surface area is 115 Å². The Bertz CT molecular complexity index is 712. The van der Waals surface area contributed by atoms with E-state index in [9.17, 15) is 13.5 Å². The van der Waals surface area contributed by atoms with E-state index in [2.05, 4.69) is 4.98 Å². The fourth-order valence-electron chi connectivity index (χ4n) is 1.52. The summed E-state index contributed by atoms with van der Waals surface area (Å²) in [6.45, 7) is 0. The van der Waals surface area contributed by atoms with Gasteiger partial charge >= 0.3 is 0 Å². The van der Waals surface area contributed by atoms with E-state index in [1.54, 1.807) is 19.2 Å². The second-order valence-electron chi connectivity index (χ2n) is 3.94. The number of anilines is 1. The Hall–Kier alpha value is -1.73. The lowest BCUT2D eigenvalue weighted by Crippen LogP contribution is -2.27. The second kappa shape index (κ2) is 4.75. The van der Waals surface area contributed by atoms with Crippen LogP contribution in [0.4, 0.5) is 5.69 Å². The van der Waals surface area contributed by atoms with Crippen molar-refractivity contribution in [1.82, 2.24) is 9.55 Å². The van der Waals surface area contributed by atoms with Crippen LogP contribution in [0, 0.1) is 0 Å². The number of nitrogens with zero attached hydrogens (tertiary/aromatic N) is 3. The van der Waals surface area contributed by atoms with Crippen molar-refractivity contribution in [2.24, 2.45) is 7.05 Å². The molecule has 2 aromatic rings. The molecule has 0 saturated carbocycles. The van der Waals surface area contributed by atoms with Gasteiger partial charge in [0.1, 0.15) is 10.9 Å². The van der Waals surface area contributed by atoms with Crippen LogP contribution in [0.5, 0.6) is 5.75 Å². The van der Waals surface area contributed by atoms with E-state index >= 15 is 0 Å². The summed E-state index contributed by atoms with van der Waals surface area (Å²) in [4.78, 5) is 3.79. The highest BCUT2D eigenvalue weighted by molar-refractivity contribution is 7.92. The third kappa shape index (κ3) is 2.39. The summed E-state index contributed by atoms with van der Waals surface area (Å²) >= 11 is 5.90. The molecule has 102 valence electrons. The van der Waals surface area contributed by atoms with Crippen molar-refractivity contribution >= 4 is 27.3 Å². The van der Waals surface area contributed by atoms with E-state index in [1.807, 2.05) is 0 Å². The van der Waals surface area contributed by atoms with Crippen molar-refractivity contribution in [3.63, 3.8) is 0 Å². The van der Waals surface area contributed by atoms with Crippen LogP contribution in [0.25, 0.3) is 0 Å². The van der Waals surface area contributed by atoms with E-state index in [0.29, 0.717) is 5.69 Å². The van der Waals surface area contributed by atoms with E-state index in [0.717, 1.165) is 4.31 Å². The number of aromatic hydroxyl groups is 1. The zero-order chi connectivity index (χ0) is 14.2. The average Bonchev–Trinajstić information content (AvgIpc) is 2.69. The van der Waals surface area contributed by atoms with Crippen molar-refractivity contribution in [2.45, 2.75) is 5.03 Å². The van der Waals surface area contributed by atoms with Gasteiger partial charge in [0.05, 0.1) is 12.0 Å². The molecule has 0 radical (unpaired) electrons. The number of aromatic nitrogens is 2. The minimum absolute atomic E-state index is 0.0216. The fraction of sp³-hybridized carbons (Fsp3) is 0.182. The van der Waals surface area contributed by atoms with Crippen molar-refractivity contribution in [3.05, 3.63) is 35.7 Å². The maximum Gasteiger partial charge on any atom is 0.284 e. The summed E-state index contributed by atoms with van der Waals surface area (Å²) in [5.74, 6) is -0.0216. The van der Waals surface area contributed by atoms with Gasteiger partial charge < -0.3 is 9.67 Å². The van der Waals surface area contributed by atoms with Crippen LogP contribution in [-0.4, -0.2) is 30.1 Å². The number of hydrogen-bond donors (Lipinski definition) is 1. The molecule has 0 atom stereocenters. The number of rotatable bonds is 3. The number of imidazole rings is 1. The predicted octanol–water partition coefficient (Wildman–Crippen LogP) is 1.60. The third-order valence-electron chi connectivity index (χ3n) is 2.63. The summed E-state index contributed by atoms with van der Waals surface area (Å²) in [6, 6.07) is 5.91. The Kier molecular flexibility index (Phi) is 3.42. The van der Waals surface area contributed by atoms with Crippen molar-refractivity contribution < 1.29 is 13.5 Å². The molecule has 1 N–H and O–H groups in total. The lowest BCUT2D eigenvalue weighted by Gasteiger charge is -2.18. The molecule has 2 rings (SSSR count). The maximum atomic E-state index is 12.4. The molecule has 0 aliphatic rings. The summed E-state index contributed by atoms with van der Waals surface area (Å²) < 4.78 is 27.1. The Morgan fingerprint density at radius 2 is 2.11 bits per heavy atom. The maximum absolute atomic E-state index is 12.4. The van der Waals surface area contributed by atoms with Crippen LogP contribution in [0.1, 0.15) is 0 Å². The number of phenolic OH excluding ortho intramolecular Hbond substituents is 1. The van der Waals surface area contributed by atoms with E-state index < -0.39 is 10.0 Å². The fourth-order valence-corrected chi connectivity index (χ4v) is 3.10. The SMILES string of the molecule is CN(c1cccc(O)c1)S(=O)(=O)c1ncn(C)c1Cl. The predicted molar refractivity (Wildman–Crippen MR) is 71.9 cm³/mol. The van der Waals surface area contributed by atoms with E-state index in [4.69, 9.17) is 11.6 Å². The molecule has 0 bridgehead atoms. The third-order valence-corrected chi connectivity index (χ3v) is 4.91. The molecule has 0 aliphatic heterocycles. The summed E-state index contributed by atoms with van der Waals surface area (Å²) in [5.41, 5.74) is 0.321. The van der Waals surface area contributed by atoms with Gasteiger partial charge in [0.15, 0.2) is 0 Å². The molecule has 19 heavy (non-hydrogen) atoms. The summed E-state index contributed by atoms with van der Waals surface area (Å²) in [5, 5.41) is 9.20. The Morgan fingerprint density at radius 1 is 1.42 bits per heavy atom. The van der Waals surface area contributed by atoms with Crippen LogP contribution in [0.15, 0.2) is 35.6 Å². The highest BCUT2D eigenvalue weighted by Crippen LogP contribution is 2.27. The average molecular weight is 302 g/mol. The minimum atomic E-state index is -3.86. The Balaban J connectivity index is 2.48. The first-order chi connectivity index (χ1) is 8.84. The minimum Gasteiger partial charge on any atom is -0.508 e. The van der Waals surface area contributed by atoms with Crippen LogP contribution in [0.2, 0.25) is 5.15 Å². The molecule has 1 heterocycles. The molecular formula is C11H12ClN3O3S. The van der Waals surface area contributed by atoms with Crippen LogP contribution >= 0.6 is 11.6 Å². The van der Waals surface area contributed by atoms with Gasteiger partial charge in [-0.05, 0) is 12.1 Å². The molecule has 0 fully saturated rings. The molecule has 0 aliphatic carbocycles. The van der Waals surface area contributed by atoms with Crippen molar-refractivity contribution in [2.75, 3.05) is 11.4 Å². The quantitative estimate of drug-likeness (QED) is 0.934. The molecule has 1 aromatic carbocycles. The zero-order valence-electron chi connectivity index (χ0n) is 10.3. The van der Waals surface area contributed by atoms with Crippen LogP contribution in [0.3, 0.4) is 0 Å². The molecule has 1 aromatic heterocycles. The Morgan fingerprint density at radius 3 is 2.63 bits per heavy atom. The van der Waals surface area contributed by atoms with E-state index in [1.165, 1.54) is 30.1 Å². The summed E-state index contributed by atoms with van der Waals surface area (Å²) in [7, 11) is -0.890. The van der Waals surface area contributed by atoms with Gasteiger partial charge in [-0.2, -0.15) is 8.42 Å². The molecule has 6 nitrogen and oxygen atoms in total. The van der Waals surface area contributed by atoms with Crippen LogP contribution in [-0.2, 0) is 17.1 Å². The van der Waals surface area contributed by atoms with Crippen LogP contribution < -0.4 is 4.31 Å². The highest BCUT2D eigenvalue weighted by atomic mass is 35.5. The monoisotopic (exact) mass is 301 g/mol. The largest absolute Gasteiger partial charge is 0.508 e. The lowest BCUT2D eigenvalue weighted by atomic mass is 10.3. The van der Waals surface area contributed by atoms with Gasteiger partial charge in [0.2, 0.25) is 5.03 Å². The van der Waals surface area contributed by atoms with Crippen molar-refractivity contribution in [3.8, 4) is 5.75 Å². The molecule has 0 unspecified atom stereocenters. The first kappa shape index (κ1) is 13.7. The standard InChI is InChI=1S/C11H12ClN3O3S/c1-14-7-13-11(10(14)12)19(17,18)15(2)8-4-3-5-9(16)6-8/h3-7,16H,1-2H3. The number of aryl methyl sites for hydroxylation is 1. The van der Waals surface area contributed by atoms with Gasteiger partial charge in [0, 0.05) is 20.2 Å².